The first kappa shape index (κ1) is 23.0. The molecule has 0 spiro atoms. The molecule has 1 aliphatic carbocycles. The molecule has 30 heavy (non-hydrogen) atoms. The van der Waals surface area contributed by atoms with Gasteiger partial charge in [-0.15, -0.1) is 24.0 Å². The Balaban J connectivity index is 0.00000256. The summed E-state index contributed by atoms with van der Waals surface area (Å²) in [7, 11) is 0. The van der Waals surface area contributed by atoms with Crippen LogP contribution in [0.25, 0.3) is 0 Å². The van der Waals surface area contributed by atoms with Crippen LogP contribution in [-0.4, -0.2) is 42.6 Å². The minimum atomic E-state index is -0.102. The van der Waals surface area contributed by atoms with Crippen LogP contribution in [0.2, 0.25) is 0 Å². The number of hydrogen-bond donors (Lipinski definition) is 2. The molecule has 4 rings (SSSR count). The van der Waals surface area contributed by atoms with E-state index in [-0.39, 0.29) is 41.8 Å². The molecule has 0 amide bonds. The van der Waals surface area contributed by atoms with Gasteiger partial charge in [-0.1, -0.05) is 48.5 Å². The highest BCUT2D eigenvalue weighted by atomic mass is 127. The molecule has 0 radical (unpaired) electrons. The van der Waals surface area contributed by atoms with Crippen molar-refractivity contribution in [3.8, 4) is 0 Å². The summed E-state index contributed by atoms with van der Waals surface area (Å²) in [5.41, 5.74) is 2.19. The van der Waals surface area contributed by atoms with Gasteiger partial charge in [0.15, 0.2) is 5.96 Å². The molecule has 2 fully saturated rings. The molecule has 1 aliphatic heterocycles. The van der Waals surface area contributed by atoms with Crippen LogP contribution < -0.4 is 10.6 Å². The molecule has 0 aromatic heterocycles. The van der Waals surface area contributed by atoms with Crippen molar-refractivity contribution in [2.45, 2.75) is 50.7 Å². The van der Waals surface area contributed by atoms with E-state index in [4.69, 9.17) is 0 Å². The Morgan fingerprint density at radius 1 is 1.03 bits per heavy atom. The second-order valence-corrected chi connectivity index (χ2v) is 8.12. The van der Waals surface area contributed by atoms with E-state index in [1.165, 1.54) is 5.56 Å². The minimum absolute atomic E-state index is 0. The fraction of sp³-hybridized carbons (Fsp3) is 0.458. The quantitative estimate of drug-likeness (QED) is 0.333. The lowest BCUT2D eigenvalue weighted by molar-refractivity contribution is 0.198. The molecule has 6 heteroatoms. The van der Waals surface area contributed by atoms with E-state index in [2.05, 4.69) is 50.9 Å². The Morgan fingerprint density at radius 3 is 2.43 bits per heavy atom. The molecule has 2 aromatic carbocycles. The standard InChI is InChI=1S/C24H31FN4.HI/c1-2-26-24(28-23-16-21(23)20-10-6-7-11-22(20)25)27-19-12-14-29(15-13-19)17-18-8-4-3-5-9-18;/h3-11,19,21,23H,2,12-17H2,1H3,(H2,26,27,28);1H. The normalized spacial score (nSPS) is 22.3. The topological polar surface area (TPSA) is 39.7 Å². The van der Waals surface area contributed by atoms with Gasteiger partial charge in [-0.2, -0.15) is 0 Å². The number of nitrogens with one attached hydrogen (secondary N) is 2. The molecule has 2 atom stereocenters. The number of halogens is 2. The van der Waals surface area contributed by atoms with E-state index >= 15 is 0 Å². The summed E-state index contributed by atoms with van der Waals surface area (Å²) < 4.78 is 14.0. The van der Waals surface area contributed by atoms with Gasteiger partial charge in [0.25, 0.3) is 0 Å². The molecular weight excluding hydrogens is 490 g/mol. The van der Waals surface area contributed by atoms with E-state index < -0.39 is 0 Å². The number of guanidine groups is 1. The number of benzene rings is 2. The first-order chi connectivity index (χ1) is 14.2. The second kappa shape index (κ2) is 11.1. The third-order valence-electron chi connectivity index (χ3n) is 5.91. The monoisotopic (exact) mass is 522 g/mol. The van der Waals surface area contributed by atoms with Crippen molar-refractivity contribution in [2.24, 2.45) is 4.99 Å². The number of aliphatic imine (C=N–C) groups is 1. The molecule has 2 aromatic rings. The lowest BCUT2D eigenvalue weighted by atomic mass is 10.0. The highest BCUT2D eigenvalue weighted by molar-refractivity contribution is 14.0. The molecule has 1 saturated heterocycles. The van der Waals surface area contributed by atoms with Gasteiger partial charge in [-0.3, -0.25) is 9.89 Å². The maximum Gasteiger partial charge on any atom is 0.191 e. The highest BCUT2D eigenvalue weighted by Crippen LogP contribution is 2.41. The van der Waals surface area contributed by atoms with Crippen molar-refractivity contribution in [2.75, 3.05) is 19.6 Å². The fourth-order valence-corrected chi connectivity index (χ4v) is 4.21. The molecule has 1 heterocycles. The molecule has 2 aliphatic rings. The minimum Gasteiger partial charge on any atom is -0.354 e. The van der Waals surface area contributed by atoms with Gasteiger partial charge in [0.1, 0.15) is 5.82 Å². The third kappa shape index (κ3) is 6.17. The SMILES string of the molecule is CCN=C(NC1CCN(Cc2ccccc2)CC1)NC1CC1c1ccccc1F.I. The van der Waals surface area contributed by atoms with E-state index in [9.17, 15) is 4.39 Å². The van der Waals surface area contributed by atoms with Crippen LogP contribution in [0, 0.1) is 5.82 Å². The average Bonchev–Trinajstić information content (AvgIpc) is 3.49. The van der Waals surface area contributed by atoms with Gasteiger partial charge >= 0.3 is 0 Å². The van der Waals surface area contributed by atoms with Crippen molar-refractivity contribution in [1.29, 1.82) is 0 Å². The molecule has 1 saturated carbocycles. The Kier molecular flexibility index (Phi) is 8.50. The van der Waals surface area contributed by atoms with Gasteiger partial charge in [-0.25, -0.2) is 4.39 Å². The summed E-state index contributed by atoms with van der Waals surface area (Å²) in [6, 6.07) is 18.5. The molecule has 0 bridgehead atoms. The van der Waals surface area contributed by atoms with Gasteiger partial charge < -0.3 is 10.6 Å². The van der Waals surface area contributed by atoms with Gasteiger partial charge in [0.2, 0.25) is 0 Å². The van der Waals surface area contributed by atoms with E-state index in [1.807, 2.05) is 19.1 Å². The summed E-state index contributed by atoms with van der Waals surface area (Å²) in [6.45, 7) is 5.99. The van der Waals surface area contributed by atoms with Gasteiger partial charge in [0.05, 0.1) is 0 Å². The summed E-state index contributed by atoms with van der Waals surface area (Å²) in [5, 5.41) is 7.14. The maximum absolute atomic E-state index is 14.0. The largest absolute Gasteiger partial charge is 0.354 e. The first-order valence-corrected chi connectivity index (χ1v) is 10.8. The summed E-state index contributed by atoms with van der Waals surface area (Å²) in [5.74, 6) is 1.01. The van der Waals surface area contributed by atoms with Crippen molar-refractivity contribution < 1.29 is 4.39 Å². The summed E-state index contributed by atoms with van der Waals surface area (Å²) in [6.07, 6.45) is 3.18. The predicted molar refractivity (Wildman–Crippen MR) is 132 cm³/mol. The van der Waals surface area contributed by atoms with Crippen molar-refractivity contribution in [3.63, 3.8) is 0 Å². The van der Waals surface area contributed by atoms with Crippen LogP contribution in [0.4, 0.5) is 4.39 Å². The lowest BCUT2D eigenvalue weighted by Gasteiger charge is -2.33. The first-order valence-electron chi connectivity index (χ1n) is 10.8. The van der Waals surface area contributed by atoms with Gasteiger partial charge in [0, 0.05) is 44.2 Å². The zero-order valence-electron chi connectivity index (χ0n) is 17.6. The van der Waals surface area contributed by atoms with Crippen LogP contribution in [-0.2, 0) is 6.54 Å². The predicted octanol–water partition coefficient (Wildman–Crippen LogP) is 4.52. The lowest BCUT2D eigenvalue weighted by Crippen LogP contribution is -2.49. The number of nitrogens with zero attached hydrogens (tertiary/aromatic N) is 2. The highest BCUT2D eigenvalue weighted by Gasteiger charge is 2.40. The molecule has 162 valence electrons. The Hall–Kier alpha value is -1.67. The number of rotatable bonds is 6. The van der Waals surface area contributed by atoms with Crippen LogP contribution in [0.15, 0.2) is 59.6 Å². The molecule has 2 N–H and O–H groups in total. The smallest absolute Gasteiger partial charge is 0.191 e. The summed E-state index contributed by atoms with van der Waals surface area (Å²) >= 11 is 0. The van der Waals surface area contributed by atoms with Crippen molar-refractivity contribution in [1.82, 2.24) is 15.5 Å². The number of piperidine rings is 1. The maximum atomic E-state index is 14.0. The zero-order chi connectivity index (χ0) is 20.1. The van der Waals surface area contributed by atoms with Crippen molar-refractivity contribution in [3.05, 3.63) is 71.5 Å². The van der Waals surface area contributed by atoms with Gasteiger partial charge in [-0.05, 0) is 43.4 Å². The van der Waals surface area contributed by atoms with Crippen molar-refractivity contribution >= 4 is 29.9 Å². The average molecular weight is 522 g/mol. The Labute approximate surface area is 196 Å². The molecule has 2 unspecified atom stereocenters. The Bertz CT molecular complexity index is 821. The van der Waals surface area contributed by atoms with Crippen LogP contribution in [0.5, 0.6) is 0 Å². The number of likely N-dealkylation sites (tertiary alicyclic amines) is 1. The number of hydrogen-bond acceptors (Lipinski definition) is 2. The second-order valence-electron chi connectivity index (χ2n) is 8.12. The van der Waals surface area contributed by atoms with E-state index in [1.54, 1.807) is 12.1 Å². The van der Waals surface area contributed by atoms with Crippen LogP contribution in [0.3, 0.4) is 0 Å². The third-order valence-corrected chi connectivity index (χ3v) is 5.91. The van der Waals surface area contributed by atoms with E-state index in [0.29, 0.717) is 6.04 Å². The zero-order valence-corrected chi connectivity index (χ0v) is 19.9. The summed E-state index contributed by atoms with van der Waals surface area (Å²) in [4.78, 5) is 7.14. The fourth-order valence-electron chi connectivity index (χ4n) is 4.21. The van der Waals surface area contributed by atoms with Crippen LogP contribution in [0.1, 0.15) is 43.2 Å². The van der Waals surface area contributed by atoms with E-state index in [0.717, 1.165) is 57.0 Å². The Morgan fingerprint density at radius 2 is 1.73 bits per heavy atom. The molecular formula is C24H32FIN4. The van der Waals surface area contributed by atoms with Crippen LogP contribution >= 0.6 is 24.0 Å². The molecule has 4 nitrogen and oxygen atoms in total.